The van der Waals surface area contributed by atoms with E-state index < -0.39 is 28.8 Å². The predicted octanol–water partition coefficient (Wildman–Crippen LogP) is 4.13. The molecule has 1 heterocycles. The minimum atomic E-state index is -1.06. The molecule has 9 nitrogen and oxygen atoms in total. The van der Waals surface area contributed by atoms with Crippen molar-refractivity contribution in [1.82, 2.24) is 0 Å². The van der Waals surface area contributed by atoms with Crippen LogP contribution in [0.1, 0.15) is 53.9 Å². The number of carbonyl (C=O) groups is 4. The third-order valence-electron chi connectivity index (χ3n) is 5.43. The van der Waals surface area contributed by atoms with Crippen LogP contribution in [-0.2, 0) is 4.74 Å². The molecule has 2 amide bonds. The number of non-ortho nitro benzene ring substituents is 1. The Morgan fingerprint density at radius 2 is 1.47 bits per heavy atom. The van der Waals surface area contributed by atoms with E-state index >= 15 is 0 Å². The second-order valence-electron chi connectivity index (χ2n) is 7.76. The number of nitrogens with zero attached hydrogens (tertiary/aromatic N) is 2. The molecule has 0 fully saturated rings. The number of ether oxygens (including phenoxy) is 1. The van der Waals surface area contributed by atoms with Crippen molar-refractivity contribution in [2.45, 2.75) is 20.0 Å². The number of esters is 1. The molecule has 1 atom stereocenters. The number of hydrogen-bond acceptors (Lipinski definition) is 7. The van der Waals surface area contributed by atoms with Crippen molar-refractivity contribution >= 4 is 34.9 Å². The highest BCUT2D eigenvalue weighted by molar-refractivity contribution is 6.34. The Morgan fingerprint density at radius 1 is 0.882 bits per heavy atom. The molecule has 34 heavy (non-hydrogen) atoms. The van der Waals surface area contributed by atoms with Gasteiger partial charge in [-0.05, 0) is 44.2 Å². The highest BCUT2D eigenvalue weighted by Crippen LogP contribution is 2.30. The van der Waals surface area contributed by atoms with E-state index in [1.54, 1.807) is 24.3 Å². The van der Waals surface area contributed by atoms with E-state index in [0.717, 1.165) is 10.5 Å². The van der Waals surface area contributed by atoms with Crippen LogP contribution in [0, 0.1) is 17.0 Å². The summed E-state index contributed by atoms with van der Waals surface area (Å²) in [6.45, 7) is 3.35. The number of fused-ring (bicyclic) bond motifs is 1. The number of Topliss-reactive ketones (excluding diaryl/α,β-unsaturated/α-hetero) is 1. The summed E-state index contributed by atoms with van der Waals surface area (Å²) in [5.74, 6) is -2.47. The fraction of sp³-hybridized carbons (Fsp3) is 0.120. The van der Waals surface area contributed by atoms with Gasteiger partial charge in [0.15, 0.2) is 6.10 Å². The number of rotatable bonds is 6. The number of imide groups is 1. The number of anilines is 1. The minimum Gasteiger partial charge on any atom is -0.451 e. The molecule has 1 unspecified atom stereocenters. The Hall–Kier alpha value is -4.66. The summed E-state index contributed by atoms with van der Waals surface area (Å²) in [5, 5.41) is 10.8. The number of aryl methyl sites for hydroxylation is 1. The predicted molar refractivity (Wildman–Crippen MR) is 121 cm³/mol. The minimum absolute atomic E-state index is 0.00434. The van der Waals surface area contributed by atoms with Crippen LogP contribution >= 0.6 is 0 Å². The highest BCUT2D eigenvalue weighted by atomic mass is 16.6. The van der Waals surface area contributed by atoms with Crippen LogP contribution in [-0.4, -0.2) is 34.6 Å². The van der Waals surface area contributed by atoms with Gasteiger partial charge in [0, 0.05) is 17.7 Å². The normalized spacial score (nSPS) is 13.4. The van der Waals surface area contributed by atoms with Gasteiger partial charge in [-0.15, -0.1) is 0 Å². The summed E-state index contributed by atoms with van der Waals surface area (Å²) in [7, 11) is 0. The van der Waals surface area contributed by atoms with E-state index in [4.69, 9.17) is 4.74 Å². The molecule has 0 saturated carbocycles. The van der Waals surface area contributed by atoms with Crippen LogP contribution < -0.4 is 4.90 Å². The molecule has 0 radical (unpaired) electrons. The van der Waals surface area contributed by atoms with Crippen molar-refractivity contribution in [2.75, 3.05) is 4.90 Å². The second kappa shape index (κ2) is 8.70. The number of hydrogen-bond donors (Lipinski definition) is 0. The van der Waals surface area contributed by atoms with E-state index in [9.17, 15) is 29.3 Å². The zero-order valence-corrected chi connectivity index (χ0v) is 18.2. The van der Waals surface area contributed by atoms with Crippen LogP contribution in [0.25, 0.3) is 0 Å². The first-order chi connectivity index (χ1) is 16.2. The Labute approximate surface area is 193 Å². The monoisotopic (exact) mass is 458 g/mol. The molecular weight excluding hydrogens is 440 g/mol. The second-order valence-corrected chi connectivity index (χ2v) is 7.76. The lowest BCUT2D eigenvalue weighted by molar-refractivity contribution is -0.384. The van der Waals surface area contributed by atoms with Gasteiger partial charge in [-0.2, -0.15) is 0 Å². The van der Waals surface area contributed by atoms with Gasteiger partial charge in [-0.25, -0.2) is 9.69 Å². The van der Waals surface area contributed by atoms with Crippen molar-refractivity contribution in [3.05, 3.63) is 105 Å². The number of carbonyl (C=O) groups excluding carboxylic acids is 4. The first-order valence-corrected chi connectivity index (χ1v) is 10.3. The molecule has 9 heteroatoms. The number of ketones is 1. The number of nitro benzene ring substituents is 1. The van der Waals surface area contributed by atoms with Crippen LogP contribution in [0.5, 0.6) is 0 Å². The van der Waals surface area contributed by atoms with Crippen LogP contribution in [0.2, 0.25) is 0 Å². The smallest absolute Gasteiger partial charge is 0.338 e. The Bertz CT molecular complexity index is 1340. The lowest BCUT2D eigenvalue weighted by Gasteiger charge is -2.13. The summed E-state index contributed by atoms with van der Waals surface area (Å²) < 4.78 is 5.29. The lowest BCUT2D eigenvalue weighted by Crippen LogP contribution is -2.29. The summed E-state index contributed by atoms with van der Waals surface area (Å²) in [6, 6.07) is 15.8. The largest absolute Gasteiger partial charge is 0.451 e. The summed E-state index contributed by atoms with van der Waals surface area (Å²) in [6.07, 6.45) is -1.06. The number of amides is 2. The van der Waals surface area contributed by atoms with E-state index in [0.29, 0.717) is 5.56 Å². The molecule has 4 rings (SSSR count). The fourth-order valence-corrected chi connectivity index (χ4v) is 3.56. The first kappa shape index (κ1) is 22.5. The number of benzene rings is 3. The molecule has 3 aromatic carbocycles. The van der Waals surface area contributed by atoms with Gasteiger partial charge in [0.25, 0.3) is 17.5 Å². The van der Waals surface area contributed by atoms with Gasteiger partial charge in [0.05, 0.1) is 27.3 Å². The lowest BCUT2D eigenvalue weighted by atomic mass is 10.0. The van der Waals surface area contributed by atoms with Gasteiger partial charge in [0.1, 0.15) is 0 Å². The summed E-state index contributed by atoms with van der Waals surface area (Å²) >= 11 is 0. The summed E-state index contributed by atoms with van der Waals surface area (Å²) in [5.41, 5.74) is 1.46. The Kier molecular flexibility index (Phi) is 5.77. The maximum absolute atomic E-state index is 12.9. The van der Waals surface area contributed by atoms with E-state index in [1.807, 2.05) is 6.92 Å². The fourth-order valence-electron chi connectivity index (χ4n) is 3.56. The van der Waals surface area contributed by atoms with E-state index in [2.05, 4.69) is 0 Å². The van der Waals surface area contributed by atoms with Crippen LogP contribution in [0.15, 0.2) is 66.7 Å². The first-order valence-electron chi connectivity index (χ1n) is 10.3. The molecule has 3 aromatic rings. The van der Waals surface area contributed by atoms with Gasteiger partial charge in [-0.1, -0.05) is 29.8 Å². The van der Waals surface area contributed by atoms with Crippen LogP contribution in [0.4, 0.5) is 11.4 Å². The quantitative estimate of drug-likeness (QED) is 0.179. The maximum Gasteiger partial charge on any atom is 0.338 e. The summed E-state index contributed by atoms with van der Waals surface area (Å²) in [4.78, 5) is 62.0. The molecule has 0 aromatic heterocycles. The van der Waals surface area contributed by atoms with E-state index in [1.165, 1.54) is 49.4 Å². The topological polar surface area (TPSA) is 124 Å². The molecular formula is C25H18N2O7. The third kappa shape index (κ3) is 4.06. The molecule has 0 aliphatic carbocycles. The molecule has 1 aliphatic rings. The van der Waals surface area contributed by atoms with Crippen molar-refractivity contribution in [1.29, 1.82) is 0 Å². The standard InChI is InChI=1S/C25H18N2O7/c1-14-3-5-16(6-4-14)22(28)15(2)34-25(31)17-7-12-20-21(13-17)24(30)26(23(20)29)18-8-10-19(11-9-18)27(32)33/h3-13,15H,1-2H3. The van der Waals surface area contributed by atoms with Crippen molar-refractivity contribution < 1.29 is 28.8 Å². The molecule has 0 saturated heterocycles. The molecule has 0 spiro atoms. The van der Waals surface area contributed by atoms with Gasteiger partial charge >= 0.3 is 5.97 Å². The number of nitro groups is 1. The molecule has 170 valence electrons. The van der Waals surface area contributed by atoms with Gasteiger partial charge < -0.3 is 4.74 Å². The maximum atomic E-state index is 12.9. The van der Waals surface area contributed by atoms with Crippen molar-refractivity contribution in [3.63, 3.8) is 0 Å². The van der Waals surface area contributed by atoms with Crippen molar-refractivity contribution in [2.24, 2.45) is 0 Å². The van der Waals surface area contributed by atoms with Crippen molar-refractivity contribution in [3.8, 4) is 0 Å². The Morgan fingerprint density at radius 3 is 2.09 bits per heavy atom. The molecule has 0 N–H and O–H groups in total. The molecule has 1 aliphatic heterocycles. The molecule has 0 bridgehead atoms. The third-order valence-corrected chi connectivity index (χ3v) is 5.43. The van der Waals surface area contributed by atoms with Crippen LogP contribution in [0.3, 0.4) is 0 Å². The highest BCUT2D eigenvalue weighted by Gasteiger charge is 2.37. The average molecular weight is 458 g/mol. The van der Waals surface area contributed by atoms with E-state index in [-0.39, 0.29) is 33.8 Å². The SMILES string of the molecule is Cc1ccc(C(=O)C(C)OC(=O)c2ccc3c(c2)C(=O)N(c2ccc([N+](=O)[O-])cc2)C3=O)cc1. The van der Waals surface area contributed by atoms with Gasteiger partial charge in [-0.3, -0.25) is 24.5 Å². The zero-order valence-electron chi connectivity index (χ0n) is 18.2. The Balaban J connectivity index is 1.53. The zero-order chi connectivity index (χ0) is 24.6. The average Bonchev–Trinajstić information content (AvgIpc) is 3.08. The van der Waals surface area contributed by atoms with Gasteiger partial charge in [0.2, 0.25) is 5.78 Å².